The van der Waals surface area contributed by atoms with Crippen molar-refractivity contribution in [3.8, 4) is 0 Å². The lowest BCUT2D eigenvalue weighted by molar-refractivity contribution is 0.0936. The van der Waals surface area contributed by atoms with E-state index in [-0.39, 0.29) is 16.8 Å². The highest BCUT2D eigenvalue weighted by Gasteiger charge is 2.15. The number of nitrogens with one attached hydrogen (secondary N) is 1. The van der Waals surface area contributed by atoms with Gasteiger partial charge in [-0.2, -0.15) is 0 Å². The molecule has 0 spiro atoms. The molecular formula is C14H20ClNO3S. The number of hydrogen-bond acceptors (Lipinski definition) is 3. The molecule has 0 aliphatic rings. The highest BCUT2D eigenvalue weighted by atomic mass is 35.5. The van der Waals surface area contributed by atoms with E-state index in [1.165, 1.54) is 24.3 Å². The van der Waals surface area contributed by atoms with E-state index in [9.17, 15) is 13.2 Å². The van der Waals surface area contributed by atoms with Gasteiger partial charge in [-0.1, -0.05) is 13.8 Å². The van der Waals surface area contributed by atoms with Crippen molar-refractivity contribution in [2.75, 3.05) is 12.1 Å². The molecule has 1 atom stereocenters. The van der Waals surface area contributed by atoms with E-state index < -0.39 is 9.84 Å². The predicted molar refractivity (Wildman–Crippen MR) is 81.0 cm³/mol. The zero-order chi connectivity index (χ0) is 15.3. The molecule has 6 heteroatoms. The van der Waals surface area contributed by atoms with Crippen LogP contribution in [0.2, 0.25) is 0 Å². The first kappa shape index (κ1) is 17.0. The molecule has 1 amide bonds. The maximum absolute atomic E-state index is 12.0. The first-order valence-corrected chi connectivity index (χ1v) is 8.83. The van der Waals surface area contributed by atoms with Crippen LogP contribution in [0.15, 0.2) is 29.2 Å². The zero-order valence-electron chi connectivity index (χ0n) is 11.9. The van der Waals surface area contributed by atoms with Gasteiger partial charge in [-0.05, 0) is 36.6 Å². The van der Waals surface area contributed by atoms with Gasteiger partial charge >= 0.3 is 0 Å². The largest absolute Gasteiger partial charge is 0.348 e. The minimum Gasteiger partial charge on any atom is -0.348 e. The molecule has 1 rings (SSSR count). The number of carbonyl (C=O) groups excluding carboxylic acids is 1. The van der Waals surface area contributed by atoms with Crippen molar-refractivity contribution in [1.29, 1.82) is 0 Å². The highest BCUT2D eigenvalue weighted by molar-refractivity contribution is 7.90. The number of rotatable bonds is 6. The number of amides is 1. The average molecular weight is 318 g/mol. The Labute approximate surface area is 125 Å². The smallest absolute Gasteiger partial charge is 0.251 e. The third-order valence-corrected chi connectivity index (χ3v) is 4.32. The molecule has 1 aromatic carbocycles. The summed E-state index contributed by atoms with van der Waals surface area (Å²) >= 11 is 5.83. The van der Waals surface area contributed by atoms with Gasteiger partial charge in [-0.3, -0.25) is 4.79 Å². The van der Waals surface area contributed by atoms with Gasteiger partial charge in [0.25, 0.3) is 5.91 Å². The van der Waals surface area contributed by atoms with E-state index in [1.807, 2.05) is 0 Å². The van der Waals surface area contributed by atoms with E-state index in [1.54, 1.807) is 0 Å². The number of hydrogen-bond donors (Lipinski definition) is 1. The molecule has 0 fully saturated rings. The maximum Gasteiger partial charge on any atom is 0.251 e. The fourth-order valence-electron chi connectivity index (χ4n) is 1.85. The minimum absolute atomic E-state index is 0.0845. The van der Waals surface area contributed by atoms with Gasteiger partial charge in [0.2, 0.25) is 0 Å². The van der Waals surface area contributed by atoms with Crippen molar-refractivity contribution >= 4 is 27.3 Å². The van der Waals surface area contributed by atoms with Crippen molar-refractivity contribution in [2.24, 2.45) is 5.92 Å². The fraction of sp³-hybridized carbons (Fsp3) is 0.500. The number of carbonyl (C=O) groups is 1. The first-order chi connectivity index (χ1) is 9.24. The van der Waals surface area contributed by atoms with Crippen molar-refractivity contribution < 1.29 is 13.2 Å². The van der Waals surface area contributed by atoms with Crippen LogP contribution in [0.4, 0.5) is 0 Å². The lowest BCUT2D eigenvalue weighted by Crippen LogP contribution is -2.37. The maximum atomic E-state index is 12.0. The summed E-state index contributed by atoms with van der Waals surface area (Å²) in [6, 6.07) is 5.79. The number of halogens is 1. The van der Waals surface area contributed by atoms with Gasteiger partial charge in [0, 0.05) is 23.7 Å². The van der Waals surface area contributed by atoms with E-state index in [2.05, 4.69) is 19.2 Å². The summed E-state index contributed by atoms with van der Waals surface area (Å²) in [5.41, 5.74) is 0.427. The minimum atomic E-state index is -3.24. The van der Waals surface area contributed by atoms with Crippen LogP contribution >= 0.6 is 11.6 Å². The zero-order valence-corrected chi connectivity index (χ0v) is 13.5. The molecule has 0 heterocycles. The van der Waals surface area contributed by atoms with Crippen LogP contribution in [-0.2, 0) is 9.84 Å². The Balaban J connectivity index is 2.77. The van der Waals surface area contributed by atoms with Crippen LogP contribution in [0.5, 0.6) is 0 Å². The molecule has 0 aromatic heterocycles. The lowest BCUT2D eigenvalue weighted by atomic mass is 10.0. The predicted octanol–water partition coefficient (Wildman–Crippen LogP) is 2.47. The lowest BCUT2D eigenvalue weighted by Gasteiger charge is -2.18. The van der Waals surface area contributed by atoms with Gasteiger partial charge in [-0.25, -0.2) is 8.42 Å². The molecule has 0 bridgehead atoms. The van der Waals surface area contributed by atoms with Gasteiger partial charge in [0.1, 0.15) is 0 Å². The Hall–Kier alpha value is -1.07. The van der Waals surface area contributed by atoms with Gasteiger partial charge in [0.05, 0.1) is 4.90 Å². The quantitative estimate of drug-likeness (QED) is 0.820. The normalized spacial score (nSPS) is 13.2. The monoisotopic (exact) mass is 317 g/mol. The van der Waals surface area contributed by atoms with Gasteiger partial charge in [0.15, 0.2) is 9.84 Å². The summed E-state index contributed by atoms with van der Waals surface area (Å²) in [5.74, 6) is 0.550. The average Bonchev–Trinajstić information content (AvgIpc) is 2.36. The van der Waals surface area contributed by atoms with E-state index in [0.717, 1.165) is 12.7 Å². The molecule has 1 unspecified atom stereocenters. The topological polar surface area (TPSA) is 63.2 Å². The molecule has 0 radical (unpaired) electrons. The Morgan fingerprint density at radius 2 is 1.80 bits per heavy atom. The molecule has 4 nitrogen and oxygen atoms in total. The Morgan fingerprint density at radius 3 is 2.20 bits per heavy atom. The molecule has 0 saturated heterocycles. The molecular weight excluding hydrogens is 298 g/mol. The van der Waals surface area contributed by atoms with Crippen LogP contribution < -0.4 is 5.32 Å². The molecule has 1 aromatic rings. The van der Waals surface area contributed by atoms with E-state index in [0.29, 0.717) is 17.4 Å². The van der Waals surface area contributed by atoms with Crippen molar-refractivity contribution in [3.05, 3.63) is 29.8 Å². The molecule has 20 heavy (non-hydrogen) atoms. The number of sulfone groups is 1. The van der Waals surface area contributed by atoms with Crippen LogP contribution in [0.3, 0.4) is 0 Å². The summed E-state index contributed by atoms with van der Waals surface area (Å²) in [5, 5.41) is 2.85. The molecule has 0 saturated carbocycles. The molecule has 0 aliphatic carbocycles. The van der Waals surface area contributed by atoms with Crippen LogP contribution in [0.25, 0.3) is 0 Å². The second kappa shape index (κ2) is 7.09. The third-order valence-electron chi connectivity index (χ3n) is 2.82. The molecule has 112 valence electrons. The summed E-state index contributed by atoms with van der Waals surface area (Å²) < 4.78 is 22.7. The fourth-order valence-corrected chi connectivity index (χ4v) is 2.69. The molecule has 0 aliphatic heterocycles. The number of alkyl halides is 1. The standard InChI is InChI=1S/C14H20ClNO3S/c1-10(2)8-12(9-15)16-14(17)11-4-6-13(7-5-11)20(3,18)19/h4-7,10,12H,8-9H2,1-3H3,(H,16,17). The van der Waals surface area contributed by atoms with Gasteiger partial charge < -0.3 is 5.32 Å². The van der Waals surface area contributed by atoms with E-state index in [4.69, 9.17) is 11.6 Å². The van der Waals surface area contributed by atoms with E-state index >= 15 is 0 Å². The van der Waals surface area contributed by atoms with Crippen molar-refractivity contribution in [2.45, 2.75) is 31.2 Å². The second-order valence-corrected chi connectivity index (χ2v) is 7.58. The highest BCUT2D eigenvalue weighted by Crippen LogP contribution is 2.12. The number of benzene rings is 1. The SMILES string of the molecule is CC(C)CC(CCl)NC(=O)c1ccc(S(C)(=O)=O)cc1. The summed E-state index contributed by atoms with van der Waals surface area (Å²) in [6.07, 6.45) is 1.94. The second-order valence-electron chi connectivity index (χ2n) is 5.25. The Bertz CT molecular complexity index is 552. The van der Waals surface area contributed by atoms with Crippen molar-refractivity contribution in [1.82, 2.24) is 5.32 Å². The van der Waals surface area contributed by atoms with Gasteiger partial charge in [-0.15, -0.1) is 11.6 Å². The summed E-state index contributed by atoms with van der Waals surface area (Å²) in [7, 11) is -3.24. The molecule has 1 N–H and O–H groups in total. The summed E-state index contributed by atoms with van der Waals surface area (Å²) in [6.45, 7) is 4.12. The third kappa shape index (κ3) is 5.13. The van der Waals surface area contributed by atoms with Crippen molar-refractivity contribution in [3.63, 3.8) is 0 Å². The summed E-state index contributed by atoms with van der Waals surface area (Å²) in [4.78, 5) is 12.2. The Kier molecular flexibility index (Phi) is 6.02. The first-order valence-electron chi connectivity index (χ1n) is 6.41. The van der Waals surface area contributed by atoms with Crippen LogP contribution in [0.1, 0.15) is 30.6 Å². The Morgan fingerprint density at radius 1 is 1.25 bits per heavy atom. The van der Waals surface area contributed by atoms with Crippen LogP contribution in [-0.4, -0.2) is 32.5 Å². The van der Waals surface area contributed by atoms with Crippen LogP contribution in [0, 0.1) is 5.92 Å².